The van der Waals surface area contributed by atoms with E-state index in [1.165, 1.54) is 32.1 Å². The van der Waals surface area contributed by atoms with E-state index >= 15 is 0 Å². The van der Waals surface area contributed by atoms with Gasteiger partial charge in [-0.1, -0.05) is 19.3 Å². The highest BCUT2D eigenvalue weighted by Crippen LogP contribution is 2.26. The minimum atomic E-state index is 0.349. The molecule has 2 rings (SSSR count). The third kappa shape index (κ3) is 5.11. The van der Waals surface area contributed by atoms with E-state index in [0.29, 0.717) is 11.8 Å². The monoisotopic (exact) mass is 267 g/mol. The van der Waals surface area contributed by atoms with E-state index in [4.69, 9.17) is 0 Å². The number of likely N-dealkylation sites (N-methyl/N-ethyl adjacent to an activating group) is 1. The van der Waals surface area contributed by atoms with Gasteiger partial charge in [0.15, 0.2) is 0 Å². The highest BCUT2D eigenvalue weighted by Gasteiger charge is 2.19. The molecule has 0 bridgehead atoms. The third-order valence-electron chi connectivity index (χ3n) is 4.58. The number of hydrogen-bond donors (Lipinski definition) is 1. The van der Waals surface area contributed by atoms with Crippen molar-refractivity contribution in [2.24, 2.45) is 5.92 Å². The van der Waals surface area contributed by atoms with E-state index in [0.717, 1.165) is 45.7 Å². The summed E-state index contributed by atoms with van der Waals surface area (Å²) in [6.07, 6.45) is 7.31. The van der Waals surface area contributed by atoms with Crippen LogP contribution in [0, 0.1) is 5.92 Å². The van der Waals surface area contributed by atoms with Gasteiger partial charge in [0.2, 0.25) is 5.91 Å². The number of nitrogens with one attached hydrogen (secondary N) is 1. The van der Waals surface area contributed by atoms with Crippen molar-refractivity contribution >= 4 is 5.91 Å². The third-order valence-corrected chi connectivity index (χ3v) is 4.58. The van der Waals surface area contributed by atoms with Crippen molar-refractivity contribution < 1.29 is 4.79 Å². The van der Waals surface area contributed by atoms with Gasteiger partial charge in [0.05, 0.1) is 0 Å². The minimum Gasteiger partial charge on any atom is -0.344 e. The van der Waals surface area contributed by atoms with E-state index in [1.807, 2.05) is 11.9 Å². The molecule has 1 N–H and O–H groups in total. The quantitative estimate of drug-likeness (QED) is 0.816. The van der Waals surface area contributed by atoms with Crippen molar-refractivity contribution in [3.8, 4) is 0 Å². The van der Waals surface area contributed by atoms with E-state index in [-0.39, 0.29) is 0 Å². The van der Waals surface area contributed by atoms with Gasteiger partial charge in [-0.15, -0.1) is 0 Å². The zero-order chi connectivity index (χ0) is 13.5. The Kier molecular flexibility index (Phi) is 6.11. The molecule has 4 heteroatoms. The maximum Gasteiger partial charge on any atom is 0.222 e. The summed E-state index contributed by atoms with van der Waals surface area (Å²) in [6.45, 7) is 6.30. The molecule has 0 aromatic rings. The van der Waals surface area contributed by atoms with Gasteiger partial charge in [-0.3, -0.25) is 9.69 Å². The van der Waals surface area contributed by atoms with Gasteiger partial charge < -0.3 is 10.2 Å². The number of carbonyl (C=O) groups excluding carboxylic acids is 1. The lowest BCUT2D eigenvalue weighted by Gasteiger charge is -2.30. The largest absolute Gasteiger partial charge is 0.344 e. The van der Waals surface area contributed by atoms with Crippen molar-refractivity contribution in [2.75, 3.05) is 46.3 Å². The molecule has 0 aromatic heterocycles. The van der Waals surface area contributed by atoms with E-state index in [2.05, 4.69) is 10.2 Å². The van der Waals surface area contributed by atoms with E-state index in [9.17, 15) is 4.79 Å². The molecule has 1 amide bonds. The fourth-order valence-electron chi connectivity index (χ4n) is 3.14. The Hall–Kier alpha value is -0.610. The second-order valence-corrected chi connectivity index (χ2v) is 6.12. The molecule has 1 aliphatic heterocycles. The summed E-state index contributed by atoms with van der Waals surface area (Å²) in [5.41, 5.74) is 0. The second kappa shape index (κ2) is 7.85. The van der Waals surface area contributed by atoms with Gasteiger partial charge in [-0.2, -0.15) is 0 Å². The Labute approximate surface area is 117 Å². The Morgan fingerprint density at radius 3 is 2.58 bits per heavy atom. The van der Waals surface area contributed by atoms with Crippen LogP contribution in [0.5, 0.6) is 0 Å². The van der Waals surface area contributed by atoms with Gasteiger partial charge in [0.1, 0.15) is 0 Å². The Balaban J connectivity index is 1.63. The normalized spacial score (nSPS) is 22.4. The molecule has 1 aliphatic carbocycles. The first kappa shape index (κ1) is 14.8. The van der Waals surface area contributed by atoms with Crippen LogP contribution in [-0.2, 0) is 4.79 Å². The van der Waals surface area contributed by atoms with Gasteiger partial charge in [-0.25, -0.2) is 0 Å². The summed E-state index contributed by atoms with van der Waals surface area (Å²) in [7, 11) is 1.97. The minimum absolute atomic E-state index is 0.349. The molecule has 19 heavy (non-hydrogen) atoms. The molecule has 2 fully saturated rings. The van der Waals surface area contributed by atoms with Crippen LogP contribution in [0.2, 0.25) is 0 Å². The standard InChI is InChI=1S/C15H29N3O/c1-17(11-12-18-9-7-16-8-10-18)15(19)13-14-5-3-2-4-6-14/h14,16H,2-13H2,1H3. The van der Waals surface area contributed by atoms with Crippen molar-refractivity contribution in [1.82, 2.24) is 15.1 Å². The molecule has 0 atom stereocenters. The van der Waals surface area contributed by atoms with Crippen molar-refractivity contribution in [1.29, 1.82) is 0 Å². The van der Waals surface area contributed by atoms with E-state index in [1.54, 1.807) is 0 Å². The number of carbonyl (C=O) groups is 1. The number of hydrogen-bond acceptors (Lipinski definition) is 3. The van der Waals surface area contributed by atoms with Crippen LogP contribution >= 0.6 is 0 Å². The Bertz CT molecular complexity index is 271. The first-order chi connectivity index (χ1) is 9.25. The summed E-state index contributed by atoms with van der Waals surface area (Å²) in [5.74, 6) is 1.00. The van der Waals surface area contributed by atoms with Crippen LogP contribution < -0.4 is 5.32 Å². The van der Waals surface area contributed by atoms with Crippen LogP contribution in [0.3, 0.4) is 0 Å². The highest BCUT2D eigenvalue weighted by molar-refractivity contribution is 5.76. The number of amides is 1. The van der Waals surface area contributed by atoms with Crippen molar-refractivity contribution in [2.45, 2.75) is 38.5 Å². The lowest BCUT2D eigenvalue weighted by Crippen LogP contribution is -2.46. The molecule has 4 nitrogen and oxygen atoms in total. The summed E-state index contributed by atoms with van der Waals surface area (Å²) in [6, 6.07) is 0. The van der Waals surface area contributed by atoms with Crippen molar-refractivity contribution in [3.63, 3.8) is 0 Å². The fourth-order valence-corrected chi connectivity index (χ4v) is 3.14. The topological polar surface area (TPSA) is 35.6 Å². The lowest BCUT2D eigenvalue weighted by molar-refractivity contribution is -0.131. The Morgan fingerprint density at radius 2 is 1.89 bits per heavy atom. The van der Waals surface area contributed by atoms with Gasteiger partial charge in [0, 0.05) is 52.7 Å². The van der Waals surface area contributed by atoms with Crippen LogP contribution in [0.1, 0.15) is 38.5 Å². The molecule has 1 heterocycles. The molecular formula is C15H29N3O. The summed E-state index contributed by atoms with van der Waals surface area (Å²) < 4.78 is 0. The van der Waals surface area contributed by atoms with Crippen LogP contribution in [0.25, 0.3) is 0 Å². The zero-order valence-electron chi connectivity index (χ0n) is 12.4. The fraction of sp³-hybridized carbons (Fsp3) is 0.933. The molecule has 1 saturated heterocycles. The maximum absolute atomic E-state index is 12.2. The maximum atomic E-state index is 12.2. The molecule has 0 aromatic carbocycles. The molecular weight excluding hydrogens is 238 g/mol. The predicted octanol–water partition coefficient (Wildman–Crippen LogP) is 1.32. The Morgan fingerprint density at radius 1 is 1.21 bits per heavy atom. The first-order valence-corrected chi connectivity index (χ1v) is 7.93. The van der Waals surface area contributed by atoms with Crippen LogP contribution in [0.4, 0.5) is 0 Å². The average Bonchev–Trinajstić information content (AvgIpc) is 2.47. The SMILES string of the molecule is CN(CCN1CCNCC1)C(=O)CC1CCCCC1. The molecule has 110 valence electrons. The summed E-state index contributed by atoms with van der Waals surface area (Å²) in [5, 5.41) is 3.36. The summed E-state index contributed by atoms with van der Waals surface area (Å²) >= 11 is 0. The molecule has 1 saturated carbocycles. The average molecular weight is 267 g/mol. The second-order valence-electron chi connectivity index (χ2n) is 6.12. The molecule has 0 spiro atoms. The number of nitrogens with zero attached hydrogens (tertiary/aromatic N) is 2. The first-order valence-electron chi connectivity index (χ1n) is 7.93. The molecule has 2 aliphatic rings. The predicted molar refractivity (Wildman–Crippen MR) is 78.1 cm³/mol. The summed E-state index contributed by atoms with van der Waals surface area (Å²) in [4.78, 5) is 16.6. The number of piperazine rings is 1. The smallest absolute Gasteiger partial charge is 0.222 e. The van der Waals surface area contributed by atoms with Gasteiger partial charge in [0.25, 0.3) is 0 Å². The van der Waals surface area contributed by atoms with Crippen molar-refractivity contribution in [3.05, 3.63) is 0 Å². The van der Waals surface area contributed by atoms with Crippen LogP contribution in [0.15, 0.2) is 0 Å². The lowest BCUT2D eigenvalue weighted by atomic mass is 9.87. The van der Waals surface area contributed by atoms with Gasteiger partial charge in [-0.05, 0) is 18.8 Å². The molecule has 0 radical (unpaired) electrons. The van der Waals surface area contributed by atoms with Crippen LogP contribution in [-0.4, -0.2) is 62.0 Å². The molecule has 0 unspecified atom stereocenters. The van der Waals surface area contributed by atoms with Gasteiger partial charge >= 0.3 is 0 Å². The zero-order valence-corrected chi connectivity index (χ0v) is 12.4. The van der Waals surface area contributed by atoms with E-state index < -0.39 is 0 Å². The number of rotatable bonds is 5. The highest BCUT2D eigenvalue weighted by atomic mass is 16.2.